The zero-order chi connectivity index (χ0) is 18.1. The SMILES string of the molecule is CCCCS(=O)N1CC=C(C(=O)OCC)[C@@H]1COCc1ccccc1. The van der Waals surface area contributed by atoms with Crippen LogP contribution < -0.4 is 0 Å². The van der Waals surface area contributed by atoms with Gasteiger partial charge in [-0.2, -0.15) is 0 Å². The van der Waals surface area contributed by atoms with E-state index in [0.717, 1.165) is 18.4 Å². The molecule has 1 aromatic carbocycles. The number of ether oxygens (including phenoxy) is 2. The molecule has 0 radical (unpaired) electrons. The Balaban J connectivity index is 2.00. The Kier molecular flexibility index (Phi) is 8.31. The van der Waals surface area contributed by atoms with Gasteiger partial charge in [0.1, 0.15) is 0 Å². The van der Waals surface area contributed by atoms with Crippen LogP contribution in [-0.2, 0) is 31.9 Å². The summed E-state index contributed by atoms with van der Waals surface area (Å²) in [6.07, 6.45) is 3.71. The van der Waals surface area contributed by atoms with E-state index in [9.17, 15) is 9.00 Å². The monoisotopic (exact) mass is 365 g/mol. The molecule has 1 aliphatic rings. The van der Waals surface area contributed by atoms with Crippen molar-refractivity contribution < 1.29 is 18.5 Å². The summed E-state index contributed by atoms with van der Waals surface area (Å²) in [6.45, 7) is 5.45. The minimum Gasteiger partial charge on any atom is -0.463 e. The van der Waals surface area contributed by atoms with Gasteiger partial charge in [-0.15, -0.1) is 0 Å². The van der Waals surface area contributed by atoms with Crippen molar-refractivity contribution in [2.24, 2.45) is 0 Å². The Morgan fingerprint density at radius 3 is 2.72 bits per heavy atom. The molecule has 0 fully saturated rings. The smallest absolute Gasteiger partial charge is 0.335 e. The van der Waals surface area contributed by atoms with Crippen LogP contribution in [0.15, 0.2) is 42.0 Å². The molecule has 6 heteroatoms. The van der Waals surface area contributed by atoms with Gasteiger partial charge in [0.15, 0.2) is 0 Å². The molecule has 5 nitrogen and oxygen atoms in total. The average molecular weight is 365 g/mol. The fourth-order valence-electron chi connectivity index (χ4n) is 2.69. The molecule has 1 aliphatic heterocycles. The van der Waals surface area contributed by atoms with Crippen molar-refractivity contribution >= 4 is 17.0 Å². The topological polar surface area (TPSA) is 55.8 Å². The molecule has 1 aromatic rings. The van der Waals surface area contributed by atoms with Crippen LogP contribution in [0.1, 0.15) is 32.3 Å². The molecule has 0 amide bonds. The Morgan fingerprint density at radius 2 is 2.04 bits per heavy atom. The normalized spacial score (nSPS) is 18.8. The second-order valence-corrected chi connectivity index (χ2v) is 7.40. The average Bonchev–Trinajstić information content (AvgIpc) is 3.05. The van der Waals surface area contributed by atoms with E-state index in [1.54, 1.807) is 6.92 Å². The molecule has 0 saturated heterocycles. The van der Waals surface area contributed by atoms with Crippen LogP contribution in [0, 0.1) is 0 Å². The van der Waals surface area contributed by atoms with Gasteiger partial charge in [-0.25, -0.2) is 13.3 Å². The third-order valence-corrected chi connectivity index (χ3v) is 5.59. The molecule has 0 aromatic heterocycles. The lowest BCUT2D eigenvalue weighted by Gasteiger charge is -2.25. The largest absolute Gasteiger partial charge is 0.463 e. The van der Waals surface area contributed by atoms with Crippen LogP contribution in [0.5, 0.6) is 0 Å². The highest BCUT2D eigenvalue weighted by Crippen LogP contribution is 2.23. The van der Waals surface area contributed by atoms with E-state index in [1.165, 1.54) is 0 Å². The minimum atomic E-state index is -1.12. The van der Waals surface area contributed by atoms with Crippen LogP contribution in [0.2, 0.25) is 0 Å². The molecular weight excluding hydrogens is 338 g/mol. The number of esters is 1. The van der Waals surface area contributed by atoms with Crippen LogP contribution in [0.4, 0.5) is 0 Å². The molecular formula is C19H27NO4S. The van der Waals surface area contributed by atoms with Gasteiger partial charge >= 0.3 is 5.97 Å². The van der Waals surface area contributed by atoms with E-state index in [4.69, 9.17) is 9.47 Å². The Hall–Kier alpha value is -1.50. The summed E-state index contributed by atoms with van der Waals surface area (Å²) in [5, 5.41) is 0. The predicted octanol–water partition coefficient (Wildman–Crippen LogP) is 2.84. The summed E-state index contributed by atoms with van der Waals surface area (Å²) in [5.41, 5.74) is 1.63. The standard InChI is InChI=1S/C19H27NO4S/c1-3-5-13-25(22)20-12-11-17(19(21)24-4-2)18(20)15-23-14-16-9-7-6-8-10-16/h6-11,18H,3-5,12-15H2,1-2H3/t18-,25?/m0/s1. The van der Waals surface area contributed by atoms with Gasteiger partial charge in [-0.3, -0.25) is 0 Å². The lowest BCUT2D eigenvalue weighted by molar-refractivity contribution is -0.139. The van der Waals surface area contributed by atoms with Gasteiger partial charge in [-0.1, -0.05) is 49.8 Å². The maximum atomic E-state index is 12.6. The van der Waals surface area contributed by atoms with E-state index in [2.05, 4.69) is 6.92 Å². The van der Waals surface area contributed by atoms with E-state index in [1.807, 2.05) is 40.7 Å². The summed E-state index contributed by atoms with van der Waals surface area (Å²) in [7, 11) is -1.12. The minimum absolute atomic E-state index is 0.317. The van der Waals surface area contributed by atoms with E-state index >= 15 is 0 Å². The molecule has 0 spiro atoms. The number of hydrogen-bond acceptors (Lipinski definition) is 4. The quantitative estimate of drug-likeness (QED) is 0.598. The van der Waals surface area contributed by atoms with Crippen molar-refractivity contribution in [2.45, 2.75) is 39.3 Å². The molecule has 1 unspecified atom stereocenters. The summed E-state index contributed by atoms with van der Waals surface area (Å²) < 4.78 is 25.4. The van der Waals surface area contributed by atoms with Crippen LogP contribution >= 0.6 is 0 Å². The Morgan fingerprint density at radius 1 is 1.28 bits per heavy atom. The zero-order valence-electron chi connectivity index (χ0n) is 15.0. The molecule has 2 atom stereocenters. The number of nitrogens with zero attached hydrogens (tertiary/aromatic N) is 1. The van der Waals surface area contributed by atoms with Crippen LogP contribution in [0.3, 0.4) is 0 Å². The zero-order valence-corrected chi connectivity index (χ0v) is 15.8. The van der Waals surface area contributed by atoms with Gasteiger partial charge < -0.3 is 9.47 Å². The van der Waals surface area contributed by atoms with Crippen molar-refractivity contribution in [3.8, 4) is 0 Å². The number of carbonyl (C=O) groups excluding carboxylic acids is 1. The van der Waals surface area contributed by atoms with E-state index < -0.39 is 11.0 Å². The van der Waals surface area contributed by atoms with E-state index in [0.29, 0.717) is 37.7 Å². The van der Waals surface area contributed by atoms with Gasteiger partial charge in [0.05, 0.1) is 42.4 Å². The number of rotatable bonds is 10. The van der Waals surface area contributed by atoms with Gasteiger partial charge in [0.2, 0.25) is 0 Å². The Labute approximate surface area is 152 Å². The number of benzene rings is 1. The third-order valence-electron chi connectivity index (χ3n) is 4.03. The van der Waals surface area contributed by atoms with Crippen LogP contribution in [-0.4, -0.2) is 46.0 Å². The second kappa shape index (κ2) is 10.5. The first-order valence-corrected chi connectivity index (χ1v) is 10.1. The highest BCUT2D eigenvalue weighted by Gasteiger charge is 2.35. The third kappa shape index (κ3) is 5.76. The van der Waals surface area contributed by atoms with Crippen molar-refractivity contribution in [1.29, 1.82) is 0 Å². The summed E-state index contributed by atoms with van der Waals surface area (Å²) >= 11 is 0. The highest BCUT2D eigenvalue weighted by atomic mass is 32.2. The lowest BCUT2D eigenvalue weighted by atomic mass is 10.1. The van der Waals surface area contributed by atoms with Gasteiger partial charge in [-0.05, 0) is 18.9 Å². The fraction of sp³-hybridized carbons (Fsp3) is 0.526. The van der Waals surface area contributed by atoms with Crippen molar-refractivity contribution in [3.05, 3.63) is 47.5 Å². The van der Waals surface area contributed by atoms with Crippen molar-refractivity contribution in [1.82, 2.24) is 4.31 Å². The highest BCUT2D eigenvalue weighted by molar-refractivity contribution is 7.82. The Bertz CT molecular complexity index is 603. The molecule has 0 N–H and O–H groups in total. The molecule has 0 saturated carbocycles. The summed E-state index contributed by atoms with van der Waals surface area (Å²) in [6, 6.07) is 9.55. The first kappa shape index (κ1) is 19.8. The van der Waals surface area contributed by atoms with Gasteiger partial charge in [0, 0.05) is 12.3 Å². The molecule has 0 bridgehead atoms. The van der Waals surface area contributed by atoms with Crippen LogP contribution in [0.25, 0.3) is 0 Å². The van der Waals surface area contributed by atoms with Gasteiger partial charge in [0.25, 0.3) is 0 Å². The molecule has 25 heavy (non-hydrogen) atoms. The molecule has 0 aliphatic carbocycles. The molecule has 1 heterocycles. The van der Waals surface area contributed by atoms with Crippen molar-refractivity contribution in [2.75, 3.05) is 25.5 Å². The van der Waals surface area contributed by atoms with E-state index in [-0.39, 0.29) is 12.0 Å². The second-order valence-electron chi connectivity index (χ2n) is 5.88. The van der Waals surface area contributed by atoms with Crippen molar-refractivity contribution in [3.63, 3.8) is 0 Å². The summed E-state index contributed by atoms with van der Waals surface area (Å²) in [4.78, 5) is 12.2. The molecule has 2 rings (SSSR count). The summed E-state index contributed by atoms with van der Waals surface area (Å²) in [5.74, 6) is 0.265. The number of carbonyl (C=O) groups is 1. The maximum absolute atomic E-state index is 12.6. The maximum Gasteiger partial charge on any atom is 0.335 e. The fourth-order valence-corrected chi connectivity index (χ4v) is 4.16. The lowest BCUT2D eigenvalue weighted by Crippen LogP contribution is -2.39. The number of unbranched alkanes of at least 4 members (excludes halogenated alkanes) is 1. The molecule has 138 valence electrons. The number of hydrogen-bond donors (Lipinski definition) is 0. The first-order chi connectivity index (χ1) is 12.2. The predicted molar refractivity (Wildman–Crippen MR) is 99.2 cm³/mol. The first-order valence-electron chi connectivity index (χ1n) is 8.81.